The number of piperidine rings is 1. The molecule has 192 valence electrons. The normalized spacial score (nSPS) is 15.5. The highest BCUT2D eigenvalue weighted by molar-refractivity contribution is 5.93. The molecular formula is C25H28F3N5O3. The highest BCUT2D eigenvalue weighted by atomic mass is 19.4. The van der Waals surface area contributed by atoms with E-state index in [1.54, 1.807) is 4.68 Å². The van der Waals surface area contributed by atoms with E-state index in [1.165, 1.54) is 5.56 Å². The molecule has 1 amide bonds. The topological polar surface area (TPSA) is 100 Å². The van der Waals surface area contributed by atoms with Crippen molar-refractivity contribution in [3.63, 3.8) is 0 Å². The summed E-state index contributed by atoms with van der Waals surface area (Å²) in [7, 11) is 2.11. The molecule has 1 saturated heterocycles. The number of carboxylic acids is 1. The predicted octanol–water partition coefficient (Wildman–Crippen LogP) is 4.09. The number of aromatic nitrogens is 3. The van der Waals surface area contributed by atoms with E-state index in [2.05, 4.69) is 58.8 Å². The Labute approximate surface area is 206 Å². The van der Waals surface area contributed by atoms with E-state index >= 15 is 0 Å². The molecule has 2 heterocycles. The van der Waals surface area contributed by atoms with Gasteiger partial charge in [0.1, 0.15) is 0 Å². The second kappa shape index (κ2) is 10.9. The molecule has 4 rings (SSSR count). The second-order valence-corrected chi connectivity index (χ2v) is 8.97. The Hall–Kier alpha value is -3.73. The number of hydrogen-bond donors (Lipinski definition) is 2. The lowest BCUT2D eigenvalue weighted by molar-refractivity contribution is -0.192. The van der Waals surface area contributed by atoms with Crippen molar-refractivity contribution in [2.75, 3.05) is 20.1 Å². The Bertz CT molecular complexity index is 1190. The fourth-order valence-electron chi connectivity index (χ4n) is 3.78. The van der Waals surface area contributed by atoms with Gasteiger partial charge in [-0.15, -0.1) is 5.10 Å². The zero-order valence-electron chi connectivity index (χ0n) is 20.2. The van der Waals surface area contributed by atoms with Crippen LogP contribution in [0.3, 0.4) is 0 Å². The third kappa shape index (κ3) is 6.69. The summed E-state index contributed by atoms with van der Waals surface area (Å²) in [6.07, 6.45) is -3.22. The van der Waals surface area contributed by atoms with Gasteiger partial charge < -0.3 is 15.3 Å². The van der Waals surface area contributed by atoms with Crippen LogP contribution in [0.15, 0.2) is 54.6 Å². The van der Waals surface area contributed by atoms with Crippen LogP contribution in [0, 0.1) is 6.92 Å². The van der Waals surface area contributed by atoms with Gasteiger partial charge in [0.2, 0.25) is 0 Å². The van der Waals surface area contributed by atoms with E-state index in [-0.39, 0.29) is 11.4 Å². The molecule has 8 nitrogen and oxygen atoms in total. The summed E-state index contributed by atoms with van der Waals surface area (Å²) in [4.78, 5) is 24.0. The molecular weight excluding hydrogens is 475 g/mol. The van der Waals surface area contributed by atoms with Crippen LogP contribution < -0.4 is 5.32 Å². The number of nitrogens with zero attached hydrogens (tertiary/aromatic N) is 4. The molecule has 11 heteroatoms. The summed E-state index contributed by atoms with van der Waals surface area (Å²) in [5.41, 5.74) is 4.13. The number of amides is 1. The smallest absolute Gasteiger partial charge is 0.475 e. The van der Waals surface area contributed by atoms with Crippen molar-refractivity contribution in [2.45, 2.75) is 38.4 Å². The molecule has 0 atom stereocenters. The first-order valence-corrected chi connectivity index (χ1v) is 11.3. The first-order chi connectivity index (χ1) is 16.9. The van der Waals surface area contributed by atoms with E-state index in [0.29, 0.717) is 5.69 Å². The SMILES string of the molecule is Cc1c(C(=O)NC2(C)CCN(C)CC2)nnn1-c1ccc(-c2ccccc2)cc1.O=C(O)C(F)(F)F. The van der Waals surface area contributed by atoms with Crippen molar-refractivity contribution in [3.05, 3.63) is 66.0 Å². The number of likely N-dealkylation sites (tertiary alicyclic amines) is 1. The lowest BCUT2D eigenvalue weighted by Crippen LogP contribution is -2.52. The van der Waals surface area contributed by atoms with Crippen LogP contribution in [0.4, 0.5) is 13.2 Å². The monoisotopic (exact) mass is 503 g/mol. The van der Waals surface area contributed by atoms with Crippen LogP contribution in [-0.4, -0.2) is 68.7 Å². The second-order valence-electron chi connectivity index (χ2n) is 8.97. The van der Waals surface area contributed by atoms with Crippen LogP contribution in [0.1, 0.15) is 35.9 Å². The minimum atomic E-state index is -5.08. The van der Waals surface area contributed by atoms with Crippen molar-refractivity contribution in [1.29, 1.82) is 0 Å². The molecule has 0 radical (unpaired) electrons. The van der Waals surface area contributed by atoms with Crippen LogP contribution in [-0.2, 0) is 4.79 Å². The Morgan fingerprint density at radius 3 is 2.06 bits per heavy atom. The first-order valence-electron chi connectivity index (χ1n) is 11.3. The molecule has 36 heavy (non-hydrogen) atoms. The Morgan fingerprint density at radius 1 is 1.00 bits per heavy atom. The Morgan fingerprint density at radius 2 is 1.53 bits per heavy atom. The van der Waals surface area contributed by atoms with E-state index in [9.17, 15) is 18.0 Å². The van der Waals surface area contributed by atoms with Crippen molar-refractivity contribution < 1.29 is 27.9 Å². The minimum absolute atomic E-state index is 0.151. The average molecular weight is 504 g/mol. The Kier molecular flexibility index (Phi) is 8.13. The van der Waals surface area contributed by atoms with E-state index in [1.807, 2.05) is 37.3 Å². The number of carbonyl (C=O) groups excluding carboxylic acids is 1. The molecule has 1 aliphatic rings. The third-order valence-electron chi connectivity index (χ3n) is 6.08. The summed E-state index contributed by atoms with van der Waals surface area (Å²) < 4.78 is 33.5. The third-order valence-corrected chi connectivity index (χ3v) is 6.08. The predicted molar refractivity (Wildman–Crippen MR) is 128 cm³/mol. The van der Waals surface area contributed by atoms with Crippen LogP contribution in [0.25, 0.3) is 16.8 Å². The minimum Gasteiger partial charge on any atom is -0.475 e. The van der Waals surface area contributed by atoms with Gasteiger partial charge in [0, 0.05) is 18.6 Å². The van der Waals surface area contributed by atoms with Gasteiger partial charge in [-0.2, -0.15) is 13.2 Å². The van der Waals surface area contributed by atoms with E-state index < -0.39 is 12.1 Å². The van der Waals surface area contributed by atoms with Gasteiger partial charge in [-0.05, 0) is 57.0 Å². The summed E-state index contributed by atoms with van der Waals surface area (Å²) in [5, 5.41) is 18.7. The Balaban J connectivity index is 0.000000454. The quantitative estimate of drug-likeness (QED) is 0.556. The maximum Gasteiger partial charge on any atom is 0.490 e. The maximum absolute atomic E-state index is 12.9. The zero-order chi connectivity index (χ0) is 26.5. The van der Waals surface area contributed by atoms with Gasteiger partial charge >= 0.3 is 12.1 Å². The van der Waals surface area contributed by atoms with Crippen LogP contribution in [0.5, 0.6) is 0 Å². The summed E-state index contributed by atoms with van der Waals surface area (Å²) in [6, 6.07) is 18.4. The molecule has 0 bridgehead atoms. The number of carboxylic acid groups (broad SMARTS) is 1. The fourth-order valence-corrected chi connectivity index (χ4v) is 3.78. The largest absolute Gasteiger partial charge is 0.490 e. The molecule has 0 aliphatic carbocycles. The molecule has 1 fully saturated rings. The molecule has 0 saturated carbocycles. The zero-order valence-corrected chi connectivity index (χ0v) is 20.2. The number of halogens is 3. The molecule has 0 unspecified atom stereocenters. The number of benzene rings is 2. The summed E-state index contributed by atoms with van der Waals surface area (Å²) in [5.74, 6) is -2.91. The van der Waals surface area contributed by atoms with Gasteiger partial charge in [-0.25, -0.2) is 9.48 Å². The highest BCUT2D eigenvalue weighted by Crippen LogP contribution is 2.23. The summed E-state index contributed by atoms with van der Waals surface area (Å²) >= 11 is 0. The number of hydrogen-bond acceptors (Lipinski definition) is 5. The number of nitrogens with one attached hydrogen (secondary N) is 1. The molecule has 1 aromatic heterocycles. The van der Waals surface area contributed by atoms with Crippen molar-refractivity contribution in [2.24, 2.45) is 0 Å². The van der Waals surface area contributed by atoms with Crippen LogP contribution >= 0.6 is 0 Å². The van der Waals surface area contributed by atoms with E-state index in [0.717, 1.165) is 42.9 Å². The fraction of sp³-hybridized carbons (Fsp3) is 0.360. The number of aliphatic carboxylic acids is 1. The van der Waals surface area contributed by atoms with E-state index in [4.69, 9.17) is 9.90 Å². The highest BCUT2D eigenvalue weighted by Gasteiger charge is 2.38. The molecule has 0 spiro atoms. The molecule has 2 N–H and O–H groups in total. The molecule has 1 aliphatic heterocycles. The van der Waals surface area contributed by atoms with Crippen molar-refractivity contribution in [3.8, 4) is 16.8 Å². The van der Waals surface area contributed by atoms with Gasteiger partial charge in [-0.1, -0.05) is 47.7 Å². The van der Waals surface area contributed by atoms with Gasteiger partial charge in [0.15, 0.2) is 5.69 Å². The maximum atomic E-state index is 12.9. The van der Waals surface area contributed by atoms with Crippen molar-refractivity contribution >= 4 is 11.9 Å². The lowest BCUT2D eigenvalue weighted by Gasteiger charge is -2.38. The van der Waals surface area contributed by atoms with Crippen molar-refractivity contribution in [1.82, 2.24) is 25.2 Å². The summed E-state index contributed by atoms with van der Waals surface area (Å²) in [6.45, 7) is 5.96. The standard InChI is InChI=1S/C23H27N5O.C2HF3O2/c1-17-21(22(29)24-23(2)13-15-27(3)16-14-23)25-26-28(17)20-11-9-19(10-12-20)18-7-5-4-6-8-18;3-2(4,5)1(6)7/h4-12H,13-16H2,1-3H3,(H,24,29);(H,6,7). The van der Waals surface area contributed by atoms with Gasteiger partial charge in [-0.3, -0.25) is 4.79 Å². The number of alkyl halides is 3. The number of rotatable bonds is 4. The van der Waals surface area contributed by atoms with Gasteiger partial charge in [0.25, 0.3) is 5.91 Å². The first kappa shape index (κ1) is 26.9. The van der Waals surface area contributed by atoms with Gasteiger partial charge in [0.05, 0.1) is 11.4 Å². The molecule has 3 aromatic rings. The molecule has 2 aromatic carbocycles. The average Bonchev–Trinajstić information content (AvgIpc) is 3.23. The number of carbonyl (C=O) groups is 2. The lowest BCUT2D eigenvalue weighted by atomic mass is 9.89. The van der Waals surface area contributed by atoms with Crippen LogP contribution in [0.2, 0.25) is 0 Å².